The Labute approximate surface area is 87.4 Å². The Bertz CT molecular complexity index is 390. The third-order valence-electron chi connectivity index (χ3n) is 1.97. The maximum absolute atomic E-state index is 10.2. The Balaban J connectivity index is 2.74. The van der Waals surface area contributed by atoms with Gasteiger partial charge in [-0.25, -0.2) is 14.6 Å². The Morgan fingerprint density at radius 1 is 1.13 bits per heavy atom. The maximum atomic E-state index is 10.2. The molecule has 0 fully saturated rings. The number of isocyanates is 2. The molecule has 0 N–H and O–H groups in total. The average Bonchev–Trinajstić information content (AvgIpc) is 2.29. The zero-order valence-corrected chi connectivity index (χ0v) is 8.09. The van der Waals surface area contributed by atoms with Gasteiger partial charge in [-0.2, -0.15) is 4.99 Å². The Morgan fingerprint density at radius 2 is 1.87 bits per heavy atom. The number of carbonyl (C=O) groups excluding carboxylic acids is 2. The zero-order valence-electron chi connectivity index (χ0n) is 8.09. The molecule has 1 aromatic rings. The van der Waals surface area contributed by atoms with Crippen LogP contribution in [0.25, 0.3) is 0 Å². The molecule has 0 heterocycles. The predicted molar refractivity (Wildman–Crippen MR) is 54.9 cm³/mol. The number of nitrogens with zero attached hydrogens (tertiary/aromatic N) is 2. The molecule has 15 heavy (non-hydrogen) atoms. The van der Waals surface area contributed by atoms with Gasteiger partial charge >= 0.3 is 0 Å². The molecule has 0 saturated heterocycles. The van der Waals surface area contributed by atoms with Crippen molar-refractivity contribution >= 4 is 12.2 Å². The van der Waals surface area contributed by atoms with E-state index in [1.165, 1.54) is 12.2 Å². The lowest BCUT2D eigenvalue weighted by molar-refractivity contribution is 0.552. The minimum atomic E-state index is -0.277. The van der Waals surface area contributed by atoms with E-state index in [1.807, 2.05) is 30.3 Å². The van der Waals surface area contributed by atoms with Crippen LogP contribution in [0.3, 0.4) is 0 Å². The first-order chi connectivity index (χ1) is 7.38. The minimum Gasteiger partial charge on any atom is -0.211 e. The van der Waals surface area contributed by atoms with Crippen molar-refractivity contribution in [3.8, 4) is 0 Å². The molecule has 0 radical (unpaired) electrons. The van der Waals surface area contributed by atoms with Crippen molar-refractivity contribution < 1.29 is 9.59 Å². The molecule has 4 nitrogen and oxygen atoms in total. The average molecular weight is 202 g/mol. The van der Waals surface area contributed by atoms with Crippen molar-refractivity contribution in [1.82, 2.24) is 0 Å². The second kappa shape index (κ2) is 6.44. The molecular formula is C11H10N2O2. The molecule has 1 aromatic carbocycles. The summed E-state index contributed by atoms with van der Waals surface area (Å²) in [6, 6.07) is 9.08. The first-order valence-corrected chi connectivity index (χ1v) is 4.54. The van der Waals surface area contributed by atoms with E-state index in [2.05, 4.69) is 9.98 Å². The summed E-state index contributed by atoms with van der Waals surface area (Å²) in [5.41, 5.74) is 0.918. The van der Waals surface area contributed by atoms with Crippen molar-refractivity contribution in [1.29, 1.82) is 0 Å². The van der Waals surface area contributed by atoms with Gasteiger partial charge in [0.25, 0.3) is 0 Å². The van der Waals surface area contributed by atoms with E-state index in [0.717, 1.165) is 5.56 Å². The summed E-state index contributed by atoms with van der Waals surface area (Å²) >= 11 is 0. The Kier molecular flexibility index (Phi) is 4.74. The third-order valence-corrected chi connectivity index (χ3v) is 1.97. The highest BCUT2D eigenvalue weighted by Gasteiger charge is 2.08. The number of aliphatic imine (C=N–C) groups is 2. The summed E-state index contributed by atoms with van der Waals surface area (Å²) in [5, 5.41) is 0. The van der Waals surface area contributed by atoms with Crippen LogP contribution in [0.15, 0.2) is 40.3 Å². The molecule has 1 atom stereocenters. The quantitative estimate of drug-likeness (QED) is 0.539. The second-order valence-corrected chi connectivity index (χ2v) is 2.91. The van der Waals surface area contributed by atoms with Gasteiger partial charge in [0.2, 0.25) is 12.2 Å². The van der Waals surface area contributed by atoms with Gasteiger partial charge in [0.15, 0.2) is 0 Å². The van der Waals surface area contributed by atoms with E-state index in [1.54, 1.807) is 0 Å². The summed E-state index contributed by atoms with van der Waals surface area (Å²) in [5.74, 6) is 0. The highest BCUT2D eigenvalue weighted by Crippen LogP contribution is 2.19. The van der Waals surface area contributed by atoms with Crippen LogP contribution in [0.4, 0.5) is 0 Å². The predicted octanol–water partition coefficient (Wildman–Crippen LogP) is 1.79. The lowest BCUT2D eigenvalue weighted by Gasteiger charge is -2.08. The maximum Gasteiger partial charge on any atom is 0.235 e. The van der Waals surface area contributed by atoms with Gasteiger partial charge in [0.1, 0.15) is 0 Å². The van der Waals surface area contributed by atoms with Crippen LogP contribution in [-0.4, -0.2) is 18.7 Å². The molecule has 76 valence electrons. The van der Waals surface area contributed by atoms with Crippen molar-refractivity contribution in [3.63, 3.8) is 0 Å². The van der Waals surface area contributed by atoms with Crippen molar-refractivity contribution in [2.75, 3.05) is 6.54 Å². The van der Waals surface area contributed by atoms with Crippen molar-refractivity contribution in [2.45, 2.75) is 12.5 Å². The molecule has 0 bridgehead atoms. The molecule has 0 saturated carbocycles. The van der Waals surface area contributed by atoms with Crippen LogP contribution in [0.2, 0.25) is 0 Å². The first kappa shape index (κ1) is 11.1. The van der Waals surface area contributed by atoms with Gasteiger partial charge in [-0.15, -0.1) is 0 Å². The first-order valence-electron chi connectivity index (χ1n) is 4.54. The van der Waals surface area contributed by atoms with E-state index in [0.29, 0.717) is 13.0 Å². The molecule has 0 spiro atoms. The van der Waals surface area contributed by atoms with Gasteiger partial charge in [-0.05, 0) is 12.0 Å². The molecule has 4 heteroatoms. The fourth-order valence-electron chi connectivity index (χ4n) is 1.28. The van der Waals surface area contributed by atoms with E-state index in [9.17, 15) is 9.59 Å². The summed E-state index contributed by atoms with van der Waals surface area (Å²) < 4.78 is 0. The van der Waals surface area contributed by atoms with E-state index in [-0.39, 0.29) is 6.04 Å². The lowest BCUT2D eigenvalue weighted by atomic mass is 10.0. The van der Waals surface area contributed by atoms with Crippen LogP contribution >= 0.6 is 0 Å². The topological polar surface area (TPSA) is 58.9 Å². The van der Waals surface area contributed by atoms with Gasteiger partial charge in [0, 0.05) is 0 Å². The summed E-state index contributed by atoms with van der Waals surface area (Å²) in [4.78, 5) is 27.2. The third kappa shape index (κ3) is 3.69. The lowest BCUT2D eigenvalue weighted by Crippen LogP contribution is -1.97. The number of hydrogen-bond donors (Lipinski definition) is 0. The van der Waals surface area contributed by atoms with E-state index >= 15 is 0 Å². The largest absolute Gasteiger partial charge is 0.235 e. The smallest absolute Gasteiger partial charge is 0.211 e. The van der Waals surface area contributed by atoms with Crippen molar-refractivity contribution in [3.05, 3.63) is 35.9 Å². The number of rotatable bonds is 5. The van der Waals surface area contributed by atoms with Crippen LogP contribution in [0, 0.1) is 0 Å². The van der Waals surface area contributed by atoms with Gasteiger partial charge in [0.05, 0.1) is 12.6 Å². The van der Waals surface area contributed by atoms with Crippen LogP contribution in [-0.2, 0) is 9.59 Å². The Hall–Kier alpha value is -2.02. The highest BCUT2D eigenvalue weighted by molar-refractivity contribution is 5.36. The highest BCUT2D eigenvalue weighted by atomic mass is 16.1. The summed E-state index contributed by atoms with van der Waals surface area (Å²) in [6.07, 6.45) is 3.49. The van der Waals surface area contributed by atoms with Crippen LogP contribution in [0.1, 0.15) is 18.0 Å². The van der Waals surface area contributed by atoms with E-state index in [4.69, 9.17) is 0 Å². The normalized spacial score (nSPS) is 10.9. The minimum absolute atomic E-state index is 0.277. The fourth-order valence-corrected chi connectivity index (χ4v) is 1.28. The Morgan fingerprint density at radius 3 is 2.47 bits per heavy atom. The molecule has 0 aliphatic heterocycles. The second-order valence-electron chi connectivity index (χ2n) is 2.91. The molecule has 0 amide bonds. The monoisotopic (exact) mass is 202 g/mol. The van der Waals surface area contributed by atoms with Gasteiger partial charge in [-0.1, -0.05) is 30.3 Å². The molecule has 0 aliphatic rings. The van der Waals surface area contributed by atoms with Crippen LogP contribution in [0.5, 0.6) is 0 Å². The fraction of sp³-hybridized carbons (Fsp3) is 0.273. The molecule has 0 aromatic heterocycles. The van der Waals surface area contributed by atoms with Crippen molar-refractivity contribution in [2.24, 2.45) is 9.98 Å². The van der Waals surface area contributed by atoms with E-state index < -0.39 is 0 Å². The summed E-state index contributed by atoms with van der Waals surface area (Å²) in [7, 11) is 0. The van der Waals surface area contributed by atoms with Gasteiger partial charge < -0.3 is 0 Å². The number of hydrogen-bond acceptors (Lipinski definition) is 4. The summed E-state index contributed by atoms with van der Waals surface area (Å²) in [6.45, 7) is 0.314. The molecule has 1 unspecified atom stereocenters. The zero-order chi connectivity index (χ0) is 10.9. The molecule has 0 aliphatic carbocycles. The van der Waals surface area contributed by atoms with Crippen LogP contribution < -0.4 is 0 Å². The molecule has 1 rings (SSSR count). The SMILES string of the molecule is O=C=NCCC(N=C=O)c1ccccc1. The number of benzene rings is 1. The van der Waals surface area contributed by atoms with Gasteiger partial charge in [-0.3, -0.25) is 0 Å². The molecular weight excluding hydrogens is 192 g/mol. The standard InChI is InChI=1S/C11H10N2O2/c14-8-12-7-6-11(13-9-15)10-4-2-1-3-5-10/h1-5,11H,6-7H2.